The molecule has 0 bridgehead atoms. The Kier molecular flexibility index (Phi) is 3.92. The summed E-state index contributed by atoms with van der Waals surface area (Å²) >= 11 is 12.0. The Hall–Kier alpha value is -1.19. The predicted octanol–water partition coefficient (Wildman–Crippen LogP) is 3.82. The van der Waals surface area contributed by atoms with Crippen molar-refractivity contribution in [2.24, 2.45) is 0 Å². The third kappa shape index (κ3) is 3.14. The van der Waals surface area contributed by atoms with E-state index in [-0.39, 0.29) is 0 Å². The van der Waals surface area contributed by atoms with Crippen molar-refractivity contribution in [2.75, 3.05) is 5.32 Å². The van der Waals surface area contributed by atoms with E-state index in [4.69, 9.17) is 23.2 Å². The van der Waals surface area contributed by atoms with E-state index in [1.54, 1.807) is 12.1 Å². The monoisotopic (exact) mass is 269 g/mol. The quantitative estimate of drug-likeness (QED) is 0.915. The van der Waals surface area contributed by atoms with Crippen LogP contribution in [0.15, 0.2) is 30.6 Å². The van der Waals surface area contributed by atoms with Crippen LogP contribution in [0.25, 0.3) is 0 Å². The number of halogens is 2. The van der Waals surface area contributed by atoms with E-state index >= 15 is 0 Å². The maximum absolute atomic E-state index is 6.05. The van der Waals surface area contributed by atoms with Crippen LogP contribution in [0, 0.1) is 0 Å². The second-order valence-corrected chi connectivity index (χ2v) is 4.53. The van der Waals surface area contributed by atoms with Gasteiger partial charge in [0.2, 0.25) is 0 Å². The lowest BCUT2D eigenvalue weighted by molar-refractivity contribution is 0.659. The van der Waals surface area contributed by atoms with Gasteiger partial charge in [0, 0.05) is 29.9 Å². The van der Waals surface area contributed by atoms with Crippen molar-refractivity contribution in [2.45, 2.75) is 20.0 Å². The van der Waals surface area contributed by atoms with Crippen LogP contribution in [0.2, 0.25) is 10.0 Å². The molecule has 90 valence electrons. The fraction of sp³-hybridized carbons (Fsp3) is 0.250. The zero-order valence-corrected chi connectivity index (χ0v) is 11.0. The molecular weight excluding hydrogens is 257 g/mol. The molecule has 1 heterocycles. The van der Waals surface area contributed by atoms with Crippen LogP contribution < -0.4 is 5.32 Å². The lowest BCUT2D eigenvalue weighted by Crippen LogP contribution is -1.99. The third-order valence-corrected chi connectivity index (χ3v) is 2.99. The van der Waals surface area contributed by atoms with Crippen LogP contribution in [-0.2, 0) is 13.1 Å². The van der Waals surface area contributed by atoms with Crippen molar-refractivity contribution in [1.82, 2.24) is 9.78 Å². The summed E-state index contributed by atoms with van der Waals surface area (Å²) in [4.78, 5) is 0. The molecular formula is C12H13Cl2N3. The number of hydrogen-bond donors (Lipinski definition) is 1. The van der Waals surface area contributed by atoms with Crippen LogP contribution in [0.1, 0.15) is 12.5 Å². The van der Waals surface area contributed by atoms with E-state index in [2.05, 4.69) is 17.3 Å². The molecule has 17 heavy (non-hydrogen) atoms. The first-order chi connectivity index (χ1) is 8.19. The normalized spacial score (nSPS) is 10.5. The van der Waals surface area contributed by atoms with Crippen LogP contribution in [0.5, 0.6) is 0 Å². The Morgan fingerprint density at radius 3 is 2.88 bits per heavy atom. The standard InChI is InChI=1S/C12H13Cl2N3/c1-2-17-8-9(7-16-17)6-15-12-5-10(13)3-4-11(12)14/h3-5,7-8,15H,2,6H2,1H3. The molecule has 0 aliphatic heterocycles. The SMILES string of the molecule is CCn1cc(CNc2cc(Cl)ccc2Cl)cn1. The lowest BCUT2D eigenvalue weighted by Gasteiger charge is -2.07. The number of aromatic nitrogens is 2. The first-order valence-electron chi connectivity index (χ1n) is 5.39. The highest BCUT2D eigenvalue weighted by atomic mass is 35.5. The smallest absolute Gasteiger partial charge is 0.0638 e. The van der Waals surface area contributed by atoms with Gasteiger partial charge >= 0.3 is 0 Å². The Labute approximate surface area is 110 Å². The molecule has 0 saturated heterocycles. The van der Waals surface area contributed by atoms with Gasteiger partial charge in [0.25, 0.3) is 0 Å². The number of benzene rings is 1. The predicted molar refractivity (Wildman–Crippen MR) is 71.7 cm³/mol. The van der Waals surface area contributed by atoms with Gasteiger partial charge in [-0.2, -0.15) is 5.10 Å². The fourth-order valence-corrected chi connectivity index (χ4v) is 1.86. The molecule has 2 aromatic rings. The number of nitrogens with zero attached hydrogens (tertiary/aromatic N) is 2. The summed E-state index contributed by atoms with van der Waals surface area (Å²) < 4.78 is 1.89. The number of nitrogens with one attached hydrogen (secondary N) is 1. The van der Waals surface area contributed by atoms with E-state index in [0.29, 0.717) is 16.6 Å². The Bertz CT molecular complexity index is 508. The van der Waals surface area contributed by atoms with Gasteiger partial charge in [-0.05, 0) is 25.1 Å². The minimum absolute atomic E-state index is 0.664. The number of rotatable bonds is 4. The summed E-state index contributed by atoms with van der Waals surface area (Å²) in [6, 6.07) is 5.36. The molecule has 0 aliphatic rings. The molecule has 0 amide bonds. The van der Waals surface area contributed by atoms with Crippen LogP contribution >= 0.6 is 23.2 Å². The van der Waals surface area contributed by atoms with Gasteiger partial charge in [-0.25, -0.2) is 0 Å². The van der Waals surface area contributed by atoms with Crippen molar-refractivity contribution in [3.8, 4) is 0 Å². The minimum Gasteiger partial charge on any atom is -0.380 e. The Morgan fingerprint density at radius 2 is 2.18 bits per heavy atom. The van der Waals surface area contributed by atoms with Crippen LogP contribution in [0.4, 0.5) is 5.69 Å². The van der Waals surface area contributed by atoms with Gasteiger partial charge in [-0.3, -0.25) is 4.68 Å². The minimum atomic E-state index is 0.664. The molecule has 3 nitrogen and oxygen atoms in total. The summed E-state index contributed by atoms with van der Waals surface area (Å²) in [5, 5.41) is 8.77. The highest BCUT2D eigenvalue weighted by Gasteiger charge is 2.02. The largest absolute Gasteiger partial charge is 0.380 e. The molecule has 0 atom stereocenters. The summed E-state index contributed by atoms with van der Waals surface area (Å²) in [5.41, 5.74) is 1.95. The van der Waals surface area contributed by atoms with Crippen molar-refractivity contribution in [3.05, 3.63) is 46.2 Å². The van der Waals surface area contributed by atoms with Crippen LogP contribution in [-0.4, -0.2) is 9.78 Å². The summed E-state index contributed by atoms with van der Waals surface area (Å²) in [7, 11) is 0. The highest BCUT2D eigenvalue weighted by Crippen LogP contribution is 2.25. The van der Waals surface area contributed by atoms with E-state index in [1.165, 1.54) is 0 Å². The summed E-state index contributed by atoms with van der Waals surface area (Å²) in [6.45, 7) is 3.61. The second-order valence-electron chi connectivity index (χ2n) is 3.68. The number of aryl methyl sites for hydroxylation is 1. The van der Waals surface area contributed by atoms with E-state index in [1.807, 2.05) is 23.1 Å². The fourth-order valence-electron chi connectivity index (χ4n) is 1.50. The van der Waals surface area contributed by atoms with Crippen LogP contribution in [0.3, 0.4) is 0 Å². The molecule has 1 N–H and O–H groups in total. The highest BCUT2D eigenvalue weighted by molar-refractivity contribution is 6.35. The van der Waals surface area contributed by atoms with Crippen molar-refractivity contribution >= 4 is 28.9 Å². The zero-order chi connectivity index (χ0) is 12.3. The van der Waals surface area contributed by atoms with E-state index in [0.717, 1.165) is 17.8 Å². The number of anilines is 1. The van der Waals surface area contributed by atoms with Gasteiger partial charge < -0.3 is 5.32 Å². The maximum atomic E-state index is 6.05. The van der Waals surface area contributed by atoms with E-state index in [9.17, 15) is 0 Å². The molecule has 5 heteroatoms. The van der Waals surface area contributed by atoms with Crippen molar-refractivity contribution in [3.63, 3.8) is 0 Å². The lowest BCUT2D eigenvalue weighted by atomic mass is 10.3. The molecule has 2 rings (SSSR count). The van der Waals surface area contributed by atoms with Gasteiger partial charge in [-0.15, -0.1) is 0 Å². The van der Waals surface area contributed by atoms with E-state index < -0.39 is 0 Å². The molecule has 0 saturated carbocycles. The Morgan fingerprint density at radius 1 is 1.35 bits per heavy atom. The molecule has 0 fully saturated rings. The third-order valence-electron chi connectivity index (χ3n) is 2.42. The first-order valence-corrected chi connectivity index (χ1v) is 6.15. The average Bonchev–Trinajstić information content (AvgIpc) is 2.78. The molecule has 0 aliphatic carbocycles. The van der Waals surface area contributed by atoms with Gasteiger partial charge in [0.1, 0.15) is 0 Å². The summed E-state index contributed by atoms with van der Waals surface area (Å²) in [6.07, 6.45) is 3.85. The molecule has 0 radical (unpaired) electrons. The van der Waals surface area contributed by atoms with Gasteiger partial charge in [0.15, 0.2) is 0 Å². The second kappa shape index (κ2) is 5.43. The summed E-state index contributed by atoms with van der Waals surface area (Å²) in [5.74, 6) is 0. The molecule has 0 unspecified atom stereocenters. The number of hydrogen-bond acceptors (Lipinski definition) is 2. The van der Waals surface area contributed by atoms with Crippen molar-refractivity contribution in [1.29, 1.82) is 0 Å². The van der Waals surface area contributed by atoms with Gasteiger partial charge in [0.05, 0.1) is 16.9 Å². The zero-order valence-electron chi connectivity index (χ0n) is 9.45. The van der Waals surface area contributed by atoms with Gasteiger partial charge in [-0.1, -0.05) is 23.2 Å². The topological polar surface area (TPSA) is 29.9 Å². The average molecular weight is 270 g/mol. The molecule has 1 aromatic carbocycles. The Balaban J connectivity index is 2.04. The maximum Gasteiger partial charge on any atom is 0.0638 e. The molecule has 0 spiro atoms. The first kappa shape index (κ1) is 12.3. The van der Waals surface area contributed by atoms with Crippen molar-refractivity contribution < 1.29 is 0 Å². The molecule has 1 aromatic heterocycles.